The van der Waals surface area contributed by atoms with E-state index < -0.39 is 0 Å². The molecule has 0 bridgehead atoms. The number of nitrogens with one attached hydrogen (secondary N) is 1. The smallest absolute Gasteiger partial charge is 0.251 e. The van der Waals surface area contributed by atoms with Crippen LogP contribution in [-0.2, 0) is 17.9 Å². The minimum Gasteiger partial charge on any atom is -0.497 e. The number of benzene rings is 2. The van der Waals surface area contributed by atoms with Crippen molar-refractivity contribution in [3.63, 3.8) is 0 Å². The molecule has 5 heteroatoms. The van der Waals surface area contributed by atoms with Gasteiger partial charge in [0.25, 0.3) is 5.91 Å². The molecule has 2 aromatic rings. The first-order valence-corrected chi connectivity index (χ1v) is 7.25. The van der Waals surface area contributed by atoms with E-state index in [0.29, 0.717) is 30.2 Å². The summed E-state index contributed by atoms with van der Waals surface area (Å²) in [6.45, 7) is 0.855. The molecule has 0 aromatic heterocycles. The lowest BCUT2D eigenvalue weighted by Gasteiger charge is -2.11. The Kier molecular flexibility index (Phi) is 6.00. The minimum atomic E-state index is -0.138. The van der Waals surface area contributed by atoms with Gasteiger partial charge in [-0.05, 0) is 29.8 Å². The summed E-state index contributed by atoms with van der Waals surface area (Å²) < 4.78 is 15.6. The van der Waals surface area contributed by atoms with E-state index in [2.05, 4.69) is 5.32 Å². The summed E-state index contributed by atoms with van der Waals surface area (Å²) >= 11 is 0. The van der Waals surface area contributed by atoms with Gasteiger partial charge >= 0.3 is 0 Å². The molecule has 1 amide bonds. The van der Waals surface area contributed by atoms with Crippen molar-refractivity contribution >= 4 is 5.91 Å². The van der Waals surface area contributed by atoms with Crippen molar-refractivity contribution < 1.29 is 19.0 Å². The molecule has 0 spiro atoms. The van der Waals surface area contributed by atoms with Gasteiger partial charge < -0.3 is 19.5 Å². The fourth-order valence-corrected chi connectivity index (χ4v) is 2.24. The van der Waals surface area contributed by atoms with Gasteiger partial charge in [-0.1, -0.05) is 12.1 Å². The van der Waals surface area contributed by atoms with Crippen molar-refractivity contribution in [1.82, 2.24) is 5.32 Å². The zero-order valence-electron chi connectivity index (χ0n) is 13.6. The highest BCUT2D eigenvalue weighted by molar-refractivity contribution is 5.94. The second-order valence-corrected chi connectivity index (χ2v) is 4.99. The molecular weight excluding hydrogens is 294 g/mol. The van der Waals surface area contributed by atoms with Crippen LogP contribution in [0.5, 0.6) is 11.5 Å². The number of hydrogen-bond donors (Lipinski definition) is 1. The van der Waals surface area contributed by atoms with Crippen LogP contribution in [-0.4, -0.2) is 27.2 Å². The number of carbonyl (C=O) groups is 1. The molecule has 0 radical (unpaired) electrons. The number of carbonyl (C=O) groups excluding carboxylic acids is 1. The summed E-state index contributed by atoms with van der Waals surface area (Å²) in [4.78, 5) is 12.3. The van der Waals surface area contributed by atoms with Crippen molar-refractivity contribution in [1.29, 1.82) is 0 Å². The lowest BCUT2D eigenvalue weighted by molar-refractivity contribution is 0.0950. The largest absolute Gasteiger partial charge is 0.497 e. The van der Waals surface area contributed by atoms with E-state index in [1.54, 1.807) is 33.5 Å². The Bertz CT molecular complexity index is 670. The molecule has 0 saturated heterocycles. The maximum absolute atomic E-state index is 12.3. The molecule has 23 heavy (non-hydrogen) atoms. The predicted octanol–water partition coefficient (Wildman–Crippen LogP) is 2.78. The topological polar surface area (TPSA) is 56.8 Å². The van der Waals surface area contributed by atoms with Gasteiger partial charge in [-0.2, -0.15) is 0 Å². The maximum atomic E-state index is 12.3. The molecule has 1 N–H and O–H groups in total. The summed E-state index contributed by atoms with van der Waals surface area (Å²) in [7, 11) is 4.82. The molecule has 0 heterocycles. The number of methoxy groups -OCH3 is 3. The van der Waals surface area contributed by atoms with Crippen molar-refractivity contribution in [3.8, 4) is 11.5 Å². The van der Waals surface area contributed by atoms with Crippen LogP contribution < -0.4 is 14.8 Å². The average Bonchev–Trinajstić information content (AvgIpc) is 2.60. The van der Waals surface area contributed by atoms with Crippen LogP contribution in [0, 0.1) is 0 Å². The maximum Gasteiger partial charge on any atom is 0.251 e. The van der Waals surface area contributed by atoms with Crippen LogP contribution in [0.1, 0.15) is 21.5 Å². The first-order chi connectivity index (χ1) is 11.2. The number of ether oxygens (including phenoxy) is 3. The van der Waals surface area contributed by atoms with Gasteiger partial charge in [-0.25, -0.2) is 0 Å². The van der Waals surface area contributed by atoms with Crippen LogP contribution in [0.15, 0.2) is 42.5 Å². The Morgan fingerprint density at radius 2 is 1.87 bits per heavy atom. The van der Waals surface area contributed by atoms with Crippen LogP contribution in [0.3, 0.4) is 0 Å². The Hall–Kier alpha value is -2.53. The molecule has 0 atom stereocenters. The molecule has 2 rings (SSSR count). The molecule has 2 aromatic carbocycles. The molecule has 0 unspecified atom stereocenters. The van der Waals surface area contributed by atoms with Crippen LogP contribution in [0.25, 0.3) is 0 Å². The van der Waals surface area contributed by atoms with E-state index >= 15 is 0 Å². The quantitative estimate of drug-likeness (QED) is 0.853. The predicted molar refractivity (Wildman–Crippen MR) is 87.9 cm³/mol. The summed E-state index contributed by atoms with van der Waals surface area (Å²) in [6.07, 6.45) is 0. The normalized spacial score (nSPS) is 10.2. The Labute approximate surface area is 136 Å². The lowest BCUT2D eigenvalue weighted by atomic mass is 10.1. The van der Waals surface area contributed by atoms with E-state index in [4.69, 9.17) is 14.2 Å². The summed E-state index contributed by atoms with van der Waals surface area (Å²) in [5.74, 6) is 1.25. The van der Waals surface area contributed by atoms with Crippen molar-refractivity contribution in [2.24, 2.45) is 0 Å². The van der Waals surface area contributed by atoms with Crippen LogP contribution in [0.2, 0.25) is 0 Å². The molecule has 0 aliphatic rings. The Morgan fingerprint density at radius 3 is 2.57 bits per heavy atom. The molecule has 0 aliphatic heterocycles. The molecule has 0 saturated carbocycles. The van der Waals surface area contributed by atoms with E-state index in [-0.39, 0.29) is 5.91 Å². The second kappa shape index (κ2) is 8.19. The summed E-state index contributed by atoms with van der Waals surface area (Å²) in [6, 6.07) is 12.9. The van der Waals surface area contributed by atoms with Crippen molar-refractivity contribution in [2.75, 3.05) is 21.3 Å². The van der Waals surface area contributed by atoms with E-state index in [1.807, 2.05) is 30.3 Å². The van der Waals surface area contributed by atoms with Crippen molar-refractivity contribution in [2.45, 2.75) is 13.2 Å². The third kappa shape index (κ3) is 4.47. The standard InChI is InChI=1S/C18H21NO4/c1-21-12-13-5-4-6-14(9-13)18(20)19-11-15-7-8-16(22-2)10-17(15)23-3/h4-10H,11-12H2,1-3H3,(H,19,20). The Balaban J connectivity index is 2.05. The number of rotatable bonds is 7. The minimum absolute atomic E-state index is 0.138. The zero-order chi connectivity index (χ0) is 16.7. The zero-order valence-corrected chi connectivity index (χ0v) is 13.6. The summed E-state index contributed by atoms with van der Waals surface area (Å²) in [5, 5.41) is 2.90. The molecular formula is C18H21NO4. The molecule has 0 aliphatic carbocycles. The van der Waals surface area contributed by atoms with E-state index in [9.17, 15) is 4.79 Å². The highest BCUT2D eigenvalue weighted by atomic mass is 16.5. The fourth-order valence-electron chi connectivity index (χ4n) is 2.24. The first-order valence-electron chi connectivity index (χ1n) is 7.25. The first kappa shape index (κ1) is 16.8. The van der Waals surface area contributed by atoms with E-state index in [0.717, 1.165) is 11.1 Å². The second-order valence-electron chi connectivity index (χ2n) is 4.99. The highest BCUT2D eigenvalue weighted by Crippen LogP contribution is 2.24. The van der Waals surface area contributed by atoms with Gasteiger partial charge in [0.1, 0.15) is 11.5 Å². The van der Waals surface area contributed by atoms with Gasteiger partial charge in [-0.3, -0.25) is 4.79 Å². The molecule has 0 fully saturated rings. The van der Waals surface area contributed by atoms with Gasteiger partial charge in [-0.15, -0.1) is 0 Å². The van der Waals surface area contributed by atoms with Gasteiger partial charge in [0.15, 0.2) is 0 Å². The molecule has 122 valence electrons. The van der Waals surface area contributed by atoms with Crippen LogP contribution in [0.4, 0.5) is 0 Å². The third-order valence-corrected chi connectivity index (χ3v) is 3.43. The monoisotopic (exact) mass is 315 g/mol. The van der Waals surface area contributed by atoms with Crippen LogP contribution >= 0.6 is 0 Å². The average molecular weight is 315 g/mol. The SMILES string of the molecule is COCc1cccc(C(=O)NCc2ccc(OC)cc2OC)c1. The summed E-state index contributed by atoms with van der Waals surface area (Å²) in [5.41, 5.74) is 2.45. The van der Waals surface area contributed by atoms with Gasteiger partial charge in [0.05, 0.1) is 20.8 Å². The molecule has 5 nitrogen and oxygen atoms in total. The van der Waals surface area contributed by atoms with Gasteiger partial charge in [0.2, 0.25) is 0 Å². The number of hydrogen-bond acceptors (Lipinski definition) is 4. The third-order valence-electron chi connectivity index (χ3n) is 3.43. The fraction of sp³-hybridized carbons (Fsp3) is 0.278. The van der Waals surface area contributed by atoms with Crippen molar-refractivity contribution in [3.05, 3.63) is 59.2 Å². The highest BCUT2D eigenvalue weighted by Gasteiger charge is 2.09. The Morgan fingerprint density at radius 1 is 1.04 bits per heavy atom. The number of amides is 1. The van der Waals surface area contributed by atoms with Gasteiger partial charge in [0, 0.05) is 30.8 Å². The van der Waals surface area contributed by atoms with E-state index in [1.165, 1.54) is 0 Å². The lowest BCUT2D eigenvalue weighted by Crippen LogP contribution is -2.23.